The van der Waals surface area contributed by atoms with Crippen molar-refractivity contribution in [3.63, 3.8) is 0 Å². The summed E-state index contributed by atoms with van der Waals surface area (Å²) in [7, 11) is 3.15. The van der Waals surface area contributed by atoms with Gasteiger partial charge in [0.05, 0.1) is 30.9 Å². The van der Waals surface area contributed by atoms with Crippen LogP contribution >= 0.6 is 11.3 Å². The Hall–Kier alpha value is -2.91. The van der Waals surface area contributed by atoms with Gasteiger partial charge in [0.25, 0.3) is 5.91 Å². The number of rotatable bonds is 11. The molecular weight excluding hydrogens is 430 g/mol. The zero-order chi connectivity index (χ0) is 22.9. The number of nitrogens with zero attached hydrogens (tertiary/aromatic N) is 2. The summed E-state index contributed by atoms with van der Waals surface area (Å²) >= 11 is 1.57. The van der Waals surface area contributed by atoms with Gasteiger partial charge in [0.15, 0.2) is 18.1 Å². The Bertz CT molecular complexity index is 945. The van der Waals surface area contributed by atoms with Crippen molar-refractivity contribution in [1.82, 2.24) is 10.5 Å². The van der Waals surface area contributed by atoms with Gasteiger partial charge in [-0.3, -0.25) is 14.4 Å². The van der Waals surface area contributed by atoms with Crippen LogP contribution in [0, 0.1) is 0 Å². The second-order valence-corrected chi connectivity index (χ2v) is 8.32. The molecular formula is C23H29N3O5S. The summed E-state index contributed by atoms with van der Waals surface area (Å²) in [5, 5.41) is 8.00. The smallest absolute Gasteiger partial charge is 0.271 e. The Balaban J connectivity index is 1.72. The van der Waals surface area contributed by atoms with E-state index in [1.807, 2.05) is 35.7 Å². The van der Waals surface area contributed by atoms with Gasteiger partial charge >= 0.3 is 0 Å². The molecule has 0 spiro atoms. The highest BCUT2D eigenvalue weighted by Crippen LogP contribution is 2.37. The predicted octanol–water partition coefficient (Wildman–Crippen LogP) is 4.07. The van der Waals surface area contributed by atoms with Gasteiger partial charge in [-0.05, 0) is 35.6 Å². The minimum absolute atomic E-state index is 0.230. The first-order chi connectivity index (χ1) is 15.6. The molecule has 1 aromatic heterocycles. The maximum Gasteiger partial charge on any atom is 0.271 e. The maximum absolute atomic E-state index is 13.0. The van der Waals surface area contributed by atoms with Crippen LogP contribution in [-0.2, 0) is 14.4 Å². The average molecular weight is 460 g/mol. The lowest BCUT2D eigenvalue weighted by atomic mass is 10.0. The van der Waals surface area contributed by atoms with E-state index in [4.69, 9.17) is 14.3 Å². The van der Waals surface area contributed by atoms with Gasteiger partial charge in [-0.2, -0.15) is 5.10 Å². The van der Waals surface area contributed by atoms with E-state index in [-0.39, 0.29) is 24.5 Å². The lowest BCUT2D eigenvalue weighted by molar-refractivity contribution is -0.146. The number of hydrogen-bond acceptors (Lipinski definition) is 7. The molecule has 32 heavy (non-hydrogen) atoms. The lowest BCUT2D eigenvalue weighted by Gasteiger charge is -2.22. The van der Waals surface area contributed by atoms with Crippen LogP contribution in [0.4, 0.5) is 0 Å². The Morgan fingerprint density at radius 1 is 1.19 bits per heavy atom. The molecule has 0 saturated heterocycles. The number of hydrogen-bond donors (Lipinski definition) is 1. The third-order valence-electron chi connectivity index (χ3n) is 5.15. The number of carbonyl (C=O) groups excluding carboxylic acids is 2. The van der Waals surface area contributed by atoms with E-state index in [9.17, 15) is 9.59 Å². The second-order valence-electron chi connectivity index (χ2n) is 7.37. The van der Waals surface area contributed by atoms with E-state index in [0.29, 0.717) is 24.3 Å². The van der Waals surface area contributed by atoms with Crippen LogP contribution in [-0.4, -0.2) is 43.4 Å². The minimum atomic E-state index is -0.342. The maximum atomic E-state index is 13.0. The number of thiophene rings is 1. The van der Waals surface area contributed by atoms with Gasteiger partial charge in [-0.1, -0.05) is 31.9 Å². The molecule has 1 N–H and O–H groups in total. The van der Waals surface area contributed by atoms with Crippen molar-refractivity contribution < 1.29 is 23.9 Å². The standard InChI is InChI=1S/C23H29N3O5S/c1-4-5-6-9-22(27)25-31-15-23(28)26-18(14-17(24-26)21-8-7-12-32-21)16-10-11-19(29-2)20(13-16)30-3/h7-8,10-13,18H,4-6,9,14-15H2,1-3H3,(H,25,27). The Kier molecular flexibility index (Phi) is 8.64. The first-order valence-corrected chi connectivity index (χ1v) is 11.5. The summed E-state index contributed by atoms with van der Waals surface area (Å²) in [5.41, 5.74) is 4.05. The molecule has 3 rings (SSSR count). The normalized spacial score (nSPS) is 15.4. The summed E-state index contributed by atoms with van der Waals surface area (Å²) in [4.78, 5) is 31.0. The molecule has 0 bridgehead atoms. The number of ether oxygens (including phenoxy) is 2. The van der Waals surface area contributed by atoms with E-state index >= 15 is 0 Å². The number of benzene rings is 1. The fraction of sp³-hybridized carbons (Fsp3) is 0.435. The molecule has 1 aromatic carbocycles. The molecule has 2 amide bonds. The van der Waals surface area contributed by atoms with Crippen molar-refractivity contribution in [2.75, 3.05) is 20.8 Å². The zero-order valence-electron chi connectivity index (χ0n) is 18.6. The largest absolute Gasteiger partial charge is 0.493 e. The Labute approximate surface area is 192 Å². The van der Waals surface area contributed by atoms with E-state index < -0.39 is 0 Å². The van der Waals surface area contributed by atoms with Gasteiger partial charge < -0.3 is 9.47 Å². The fourth-order valence-electron chi connectivity index (χ4n) is 3.48. The molecule has 9 heteroatoms. The molecule has 1 aliphatic rings. The fourth-order valence-corrected chi connectivity index (χ4v) is 4.20. The van der Waals surface area contributed by atoms with Crippen LogP contribution in [0.15, 0.2) is 40.8 Å². The molecule has 172 valence electrons. The Morgan fingerprint density at radius 3 is 2.69 bits per heavy atom. The number of methoxy groups -OCH3 is 2. The monoisotopic (exact) mass is 459 g/mol. The number of carbonyl (C=O) groups is 2. The van der Waals surface area contributed by atoms with Crippen LogP contribution in [0.5, 0.6) is 11.5 Å². The number of unbranched alkanes of at least 4 members (excludes halogenated alkanes) is 2. The Morgan fingerprint density at radius 2 is 2.00 bits per heavy atom. The summed E-state index contributed by atoms with van der Waals surface area (Å²) < 4.78 is 10.8. The van der Waals surface area contributed by atoms with Crippen LogP contribution in [0.3, 0.4) is 0 Å². The summed E-state index contributed by atoms with van der Waals surface area (Å²) in [6.45, 7) is 1.77. The molecule has 1 unspecified atom stereocenters. The first kappa shape index (κ1) is 23.7. The topological polar surface area (TPSA) is 89.5 Å². The number of amides is 2. The SMILES string of the molecule is CCCCCC(=O)NOCC(=O)N1N=C(c2cccs2)CC1c1ccc(OC)c(OC)c1. The van der Waals surface area contributed by atoms with Crippen molar-refractivity contribution in [2.45, 2.75) is 45.1 Å². The quantitative estimate of drug-likeness (QED) is 0.404. The van der Waals surface area contributed by atoms with Gasteiger partial charge in [-0.15, -0.1) is 11.3 Å². The van der Waals surface area contributed by atoms with Crippen LogP contribution in [0.2, 0.25) is 0 Å². The van der Waals surface area contributed by atoms with Crippen molar-refractivity contribution in [3.05, 3.63) is 46.2 Å². The van der Waals surface area contributed by atoms with E-state index in [1.54, 1.807) is 25.6 Å². The summed E-state index contributed by atoms with van der Waals surface area (Å²) in [6.07, 6.45) is 3.74. The molecule has 8 nitrogen and oxygen atoms in total. The highest BCUT2D eigenvalue weighted by molar-refractivity contribution is 7.12. The summed E-state index contributed by atoms with van der Waals surface area (Å²) in [6, 6.07) is 9.18. The first-order valence-electron chi connectivity index (χ1n) is 10.6. The van der Waals surface area contributed by atoms with Crippen molar-refractivity contribution >= 4 is 28.9 Å². The number of nitrogens with one attached hydrogen (secondary N) is 1. The summed E-state index contributed by atoms with van der Waals surface area (Å²) in [5.74, 6) is 0.621. The van der Waals surface area contributed by atoms with Crippen molar-refractivity contribution in [1.29, 1.82) is 0 Å². The zero-order valence-corrected chi connectivity index (χ0v) is 19.4. The third-order valence-corrected chi connectivity index (χ3v) is 6.07. The minimum Gasteiger partial charge on any atom is -0.493 e. The van der Waals surface area contributed by atoms with Crippen molar-refractivity contribution in [3.8, 4) is 11.5 Å². The van der Waals surface area contributed by atoms with Crippen molar-refractivity contribution in [2.24, 2.45) is 5.10 Å². The van der Waals surface area contributed by atoms with Crippen LogP contribution in [0.1, 0.15) is 55.5 Å². The van der Waals surface area contributed by atoms with Crippen LogP contribution < -0.4 is 15.0 Å². The van der Waals surface area contributed by atoms with Gasteiger partial charge in [0, 0.05) is 12.8 Å². The highest BCUT2D eigenvalue weighted by atomic mass is 32.1. The third kappa shape index (κ3) is 5.86. The molecule has 2 heterocycles. The number of hydroxylamine groups is 1. The molecule has 0 fully saturated rings. The van der Waals surface area contributed by atoms with E-state index in [0.717, 1.165) is 35.4 Å². The molecule has 0 aliphatic carbocycles. The second kappa shape index (κ2) is 11.6. The molecule has 0 saturated carbocycles. The predicted molar refractivity (Wildman–Crippen MR) is 123 cm³/mol. The van der Waals surface area contributed by atoms with Gasteiger partial charge in [0.2, 0.25) is 5.91 Å². The van der Waals surface area contributed by atoms with Crippen LogP contribution in [0.25, 0.3) is 0 Å². The van der Waals surface area contributed by atoms with E-state index in [2.05, 4.69) is 17.5 Å². The highest BCUT2D eigenvalue weighted by Gasteiger charge is 2.34. The molecule has 1 atom stereocenters. The lowest BCUT2D eigenvalue weighted by Crippen LogP contribution is -2.34. The van der Waals surface area contributed by atoms with E-state index in [1.165, 1.54) is 5.01 Å². The molecule has 2 aromatic rings. The average Bonchev–Trinajstić information content (AvgIpc) is 3.49. The van der Waals surface area contributed by atoms with Gasteiger partial charge in [-0.25, -0.2) is 10.5 Å². The van der Waals surface area contributed by atoms with Gasteiger partial charge in [0.1, 0.15) is 0 Å². The number of hydrazone groups is 1. The molecule has 0 radical (unpaired) electrons. The molecule has 1 aliphatic heterocycles.